The van der Waals surface area contributed by atoms with E-state index in [9.17, 15) is 5.11 Å². The molecule has 1 heterocycles. The summed E-state index contributed by atoms with van der Waals surface area (Å²) >= 11 is 1.46. The Hall–Kier alpha value is -1.15. The maximum atomic E-state index is 9.56. The summed E-state index contributed by atoms with van der Waals surface area (Å²) in [6.07, 6.45) is 13.1. The molecule has 0 aliphatic heterocycles. The third-order valence-electron chi connectivity index (χ3n) is 4.90. The molecule has 7 heteroatoms. The zero-order valence-corrected chi connectivity index (χ0v) is 19.3. The van der Waals surface area contributed by atoms with Gasteiger partial charge in [-0.2, -0.15) is 0 Å². The van der Waals surface area contributed by atoms with Gasteiger partial charge >= 0.3 is 0 Å². The van der Waals surface area contributed by atoms with Crippen LogP contribution in [0.5, 0.6) is 0 Å². The second kappa shape index (κ2) is 17.7. The number of primary amides is 1. The van der Waals surface area contributed by atoms with Gasteiger partial charge in [0, 0.05) is 18.8 Å². The number of aromatic nitrogens is 1. The van der Waals surface area contributed by atoms with E-state index < -0.39 is 0 Å². The molecule has 2 rings (SSSR count). The Balaban J connectivity index is 0.000000493. The van der Waals surface area contributed by atoms with Gasteiger partial charge in [0.2, 0.25) is 6.41 Å². The minimum Gasteiger partial charge on any atom is -0.392 e. The van der Waals surface area contributed by atoms with Gasteiger partial charge in [-0.05, 0) is 62.1 Å². The minimum absolute atomic E-state index is 0.249. The predicted octanol–water partition coefficient (Wildman–Crippen LogP) is 4.03. The van der Waals surface area contributed by atoms with E-state index in [1.807, 2.05) is 18.2 Å². The van der Waals surface area contributed by atoms with Crippen molar-refractivity contribution in [3.05, 3.63) is 24.4 Å². The highest BCUT2D eigenvalue weighted by atomic mass is 32.2. The number of nitrogens with two attached hydrogens (primary N) is 2. The van der Waals surface area contributed by atoms with Gasteiger partial charge in [-0.25, -0.2) is 4.98 Å². The number of carbonyl (C=O) groups excluding carboxylic acids is 1. The first kappa shape index (κ1) is 27.8. The number of rotatable bonds is 9. The van der Waals surface area contributed by atoms with Crippen LogP contribution in [0, 0.1) is 5.41 Å². The van der Waals surface area contributed by atoms with Crippen LogP contribution in [-0.4, -0.2) is 35.2 Å². The molecule has 2 unspecified atom stereocenters. The fourth-order valence-corrected chi connectivity index (χ4v) is 4.23. The van der Waals surface area contributed by atoms with Crippen LogP contribution in [0.2, 0.25) is 0 Å². The maximum Gasteiger partial charge on any atom is 0.204 e. The van der Waals surface area contributed by atoms with Crippen molar-refractivity contribution in [2.75, 3.05) is 6.54 Å². The van der Waals surface area contributed by atoms with Crippen molar-refractivity contribution in [1.82, 2.24) is 9.71 Å². The number of hydrogen-bond donors (Lipinski definition) is 4. The first-order valence-electron chi connectivity index (χ1n) is 10.8. The van der Waals surface area contributed by atoms with E-state index in [4.69, 9.17) is 10.5 Å². The molecule has 1 aliphatic carbocycles. The first-order valence-corrected chi connectivity index (χ1v) is 11.6. The fraction of sp³-hybridized carbons (Fsp3) is 0.727. The molecular formula is C22H42N4O2S. The van der Waals surface area contributed by atoms with Gasteiger partial charge < -0.3 is 16.6 Å². The van der Waals surface area contributed by atoms with Gasteiger partial charge in [0.15, 0.2) is 0 Å². The highest BCUT2D eigenvalue weighted by molar-refractivity contribution is 7.97. The van der Waals surface area contributed by atoms with Crippen LogP contribution < -0.4 is 16.2 Å². The van der Waals surface area contributed by atoms with Crippen molar-refractivity contribution >= 4 is 18.4 Å². The van der Waals surface area contributed by atoms with E-state index in [0.717, 1.165) is 24.3 Å². The topological polar surface area (TPSA) is 114 Å². The number of aliphatic hydroxyl groups is 1. The molecule has 1 aliphatic rings. The number of nitrogens with one attached hydrogen (secondary N) is 1. The molecular weight excluding hydrogens is 384 g/mol. The lowest BCUT2D eigenvalue weighted by molar-refractivity contribution is -0.106. The normalized spacial score (nSPS) is 17.0. The van der Waals surface area contributed by atoms with E-state index in [0.29, 0.717) is 18.0 Å². The zero-order chi connectivity index (χ0) is 22.0. The Kier molecular flexibility index (Phi) is 17.0. The Morgan fingerprint density at radius 1 is 1.34 bits per heavy atom. The van der Waals surface area contributed by atoms with Crippen LogP contribution in [0.25, 0.3) is 0 Å². The molecule has 6 nitrogen and oxygen atoms in total. The van der Waals surface area contributed by atoms with Gasteiger partial charge in [0.1, 0.15) is 5.03 Å². The molecule has 1 aromatic rings. The van der Waals surface area contributed by atoms with E-state index in [1.165, 1.54) is 50.5 Å². The first-order chi connectivity index (χ1) is 13.9. The lowest BCUT2D eigenvalue weighted by atomic mass is 9.72. The third kappa shape index (κ3) is 16.3. The number of unbranched alkanes of at least 4 members (excludes halogenated alkanes) is 1. The van der Waals surface area contributed by atoms with Crippen LogP contribution in [-0.2, 0) is 4.79 Å². The molecule has 0 aromatic carbocycles. The molecule has 6 N–H and O–H groups in total. The summed E-state index contributed by atoms with van der Waals surface area (Å²) in [6, 6.07) is 6.17. The standard InChI is InChI=1S/C11H18N2OS.C10H21N.CH3NO/c1-2-3-6-10(14)9-13-15-11-7-4-5-8-12-11;1-9(11)8-10(2)6-4-3-5-7-10;2-1-3/h4-5,7-8,10,13-14H,2-3,6,9H2,1H3;9H,3-8,11H2,1-2H3;1H,(H2,2,3). The van der Waals surface area contributed by atoms with Gasteiger partial charge in [-0.1, -0.05) is 52.0 Å². The highest BCUT2D eigenvalue weighted by Gasteiger charge is 2.27. The van der Waals surface area contributed by atoms with E-state index in [1.54, 1.807) is 6.20 Å². The van der Waals surface area contributed by atoms with Crippen molar-refractivity contribution in [2.24, 2.45) is 16.9 Å². The number of amides is 1. The zero-order valence-electron chi connectivity index (χ0n) is 18.5. The number of hydrogen-bond acceptors (Lipinski definition) is 6. The molecule has 1 fully saturated rings. The van der Waals surface area contributed by atoms with Crippen molar-refractivity contribution in [1.29, 1.82) is 0 Å². The molecule has 1 aromatic heterocycles. The monoisotopic (exact) mass is 426 g/mol. The number of pyridine rings is 1. The predicted molar refractivity (Wildman–Crippen MR) is 123 cm³/mol. The van der Waals surface area contributed by atoms with Gasteiger partial charge in [0.05, 0.1) is 6.10 Å². The van der Waals surface area contributed by atoms with Crippen molar-refractivity contribution in [3.63, 3.8) is 0 Å². The molecule has 1 amide bonds. The van der Waals surface area contributed by atoms with Crippen molar-refractivity contribution in [2.45, 2.75) is 95.7 Å². The molecule has 0 bridgehead atoms. The van der Waals surface area contributed by atoms with E-state index >= 15 is 0 Å². The SMILES string of the molecule is CC(N)CC1(C)CCCCC1.CCCCC(O)CNSc1ccccn1.NC=O. The summed E-state index contributed by atoms with van der Waals surface area (Å²) in [5.74, 6) is 0. The van der Waals surface area contributed by atoms with E-state index in [2.05, 4.69) is 36.2 Å². The molecule has 29 heavy (non-hydrogen) atoms. The van der Waals surface area contributed by atoms with Crippen LogP contribution >= 0.6 is 11.9 Å². The molecule has 1 saturated carbocycles. The van der Waals surface area contributed by atoms with Crippen LogP contribution in [0.15, 0.2) is 29.4 Å². The Labute approximate surface area is 181 Å². The number of aliphatic hydroxyl groups excluding tert-OH is 1. The van der Waals surface area contributed by atoms with Crippen LogP contribution in [0.3, 0.4) is 0 Å². The average molecular weight is 427 g/mol. The van der Waals surface area contributed by atoms with Crippen molar-refractivity contribution < 1.29 is 9.90 Å². The van der Waals surface area contributed by atoms with Gasteiger partial charge in [0.25, 0.3) is 0 Å². The number of carbonyl (C=O) groups is 1. The summed E-state index contributed by atoms with van der Waals surface area (Å²) in [6.45, 7) is 7.26. The summed E-state index contributed by atoms with van der Waals surface area (Å²) in [5.41, 5.74) is 10.6. The third-order valence-corrected chi connectivity index (χ3v) is 5.66. The number of nitrogens with zero attached hydrogens (tertiary/aromatic N) is 1. The van der Waals surface area contributed by atoms with Gasteiger partial charge in [-0.15, -0.1) is 0 Å². The van der Waals surface area contributed by atoms with E-state index in [-0.39, 0.29) is 12.5 Å². The molecule has 0 saturated heterocycles. The smallest absolute Gasteiger partial charge is 0.204 e. The molecule has 168 valence electrons. The van der Waals surface area contributed by atoms with Crippen molar-refractivity contribution in [3.8, 4) is 0 Å². The Bertz CT molecular complexity index is 497. The molecule has 0 spiro atoms. The van der Waals surface area contributed by atoms with Gasteiger partial charge in [-0.3, -0.25) is 9.52 Å². The lowest BCUT2D eigenvalue weighted by Gasteiger charge is -2.34. The second-order valence-corrected chi connectivity index (χ2v) is 9.01. The summed E-state index contributed by atoms with van der Waals surface area (Å²) in [5, 5.41) is 10.5. The fourth-order valence-electron chi connectivity index (χ4n) is 3.55. The average Bonchev–Trinajstić information content (AvgIpc) is 2.68. The van der Waals surface area contributed by atoms with Crippen LogP contribution in [0.1, 0.15) is 78.6 Å². The maximum absolute atomic E-state index is 9.56. The quantitative estimate of drug-likeness (QED) is 0.350. The summed E-state index contributed by atoms with van der Waals surface area (Å²) < 4.78 is 3.11. The summed E-state index contributed by atoms with van der Waals surface area (Å²) in [7, 11) is 0. The Morgan fingerprint density at radius 3 is 2.52 bits per heavy atom. The minimum atomic E-state index is -0.249. The van der Waals surface area contributed by atoms with Crippen LogP contribution in [0.4, 0.5) is 0 Å². The second-order valence-electron chi connectivity index (χ2n) is 8.10. The molecule has 0 radical (unpaired) electrons. The summed E-state index contributed by atoms with van der Waals surface area (Å²) in [4.78, 5) is 12.7. The Morgan fingerprint density at radius 2 is 2.00 bits per heavy atom. The largest absolute Gasteiger partial charge is 0.392 e. The lowest BCUT2D eigenvalue weighted by Crippen LogP contribution is -2.29. The highest BCUT2D eigenvalue weighted by Crippen LogP contribution is 2.39. The molecule has 2 atom stereocenters.